The van der Waals surface area contributed by atoms with E-state index in [4.69, 9.17) is 14.3 Å². The van der Waals surface area contributed by atoms with Crippen LogP contribution in [0.5, 0.6) is 0 Å². The van der Waals surface area contributed by atoms with Crippen LogP contribution in [0.2, 0.25) is 0 Å². The molecule has 7 nitrogen and oxygen atoms in total. The Balaban J connectivity index is 1.66. The summed E-state index contributed by atoms with van der Waals surface area (Å²) in [6.07, 6.45) is 1.62. The number of thioether (sulfide) groups is 1. The van der Waals surface area contributed by atoms with Gasteiger partial charge in [-0.2, -0.15) is 0 Å². The molecule has 0 radical (unpaired) electrons. The molecule has 0 aliphatic carbocycles. The molecule has 1 aliphatic heterocycles. The van der Waals surface area contributed by atoms with Crippen molar-refractivity contribution < 1.29 is 29.0 Å². The summed E-state index contributed by atoms with van der Waals surface area (Å²) in [6, 6.07) is 17.3. The highest BCUT2D eigenvalue weighted by molar-refractivity contribution is 8.18. The average Bonchev–Trinajstić information content (AvgIpc) is 3.40. The van der Waals surface area contributed by atoms with Crippen LogP contribution in [0.1, 0.15) is 28.6 Å². The van der Waals surface area contributed by atoms with E-state index >= 15 is 0 Å². The van der Waals surface area contributed by atoms with Gasteiger partial charge in [0, 0.05) is 5.56 Å². The van der Waals surface area contributed by atoms with Crippen LogP contribution < -0.4 is 0 Å². The zero-order valence-electron chi connectivity index (χ0n) is 18.4. The number of furan rings is 1. The molecule has 0 spiro atoms. The van der Waals surface area contributed by atoms with Gasteiger partial charge < -0.3 is 19.4 Å². The number of hydrogen-bond donors (Lipinski definition) is 2. The van der Waals surface area contributed by atoms with Gasteiger partial charge >= 0.3 is 11.9 Å². The van der Waals surface area contributed by atoms with Crippen molar-refractivity contribution >= 4 is 40.5 Å². The van der Waals surface area contributed by atoms with Gasteiger partial charge in [0.05, 0.1) is 22.8 Å². The lowest BCUT2D eigenvalue weighted by molar-refractivity contribution is -0.138. The Labute approximate surface area is 200 Å². The molecule has 4 rings (SSSR count). The van der Waals surface area contributed by atoms with Crippen molar-refractivity contribution in [2.24, 2.45) is 4.99 Å². The maximum Gasteiger partial charge on any atom is 0.344 e. The molecule has 8 heteroatoms. The van der Waals surface area contributed by atoms with Gasteiger partial charge in [0.25, 0.3) is 0 Å². The van der Waals surface area contributed by atoms with Gasteiger partial charge in [-0.1, -0.05) is 41.6 Å². The maximum absolute atomic E-state index is 12.5. The van der Waals surface area contributed by atoms with Gasteiger partial charge in [-0.3, -0.25) is 0 Å². The quantitative estimate of drug-likeness (QED) is 0.412. The first-order valence-corrected chi connectivity index (χ1v) is 11.3. The number of aliphatic imine (C=N–C) groups is 1. The molecule has 0 saturated carbocycles. The average molecular weight is 476 g/mol. The predicted molar refractivity (Wildman–Crippen MR) is 131 cm³/mol. The third-order valence-electron chi connectivity index (χ3n) is 4.95. The molecule has 2 aromatic carbocycles. The number of esters is 1. The Morgan fingerprint density at radius 3 is 2.41 bits per heavy atom. The number of hydrogen-bond acceptors (Lipinski definition) is 7. The highest BCUT2D eigenvalue weighted by Gasteiger charge is 2.33. The van der Waals surface area contributed by atoms with Crippen molar-refractivity contribution in [3.63, 3.8) is 0 Å². The predicted octanol–water partition coefficient (Wildman–Crippen LogP) is 6.15. The Morgan fingerprint density at radius 1 is 1.06 bits per heavy atom. The van der Waals surface area contributed by atoms with Crippen molar-refractivity contribution in [3.05, 3.63) is 93.8 Å². The topological polar surface area (TPSA) is 109 Å². The summed E-state index contributed by atoms with van der Waals surface area (Å²) in [7, 11) is 0. The third-order valence-corrected chi connectivity index (χ3v) is 5.97. The van der Waals surface area contributed by atoms with E-state index in [9.17, 15) is 14.7 Å². The second-order valence-electron chi connectivity index (χ2n) is 7.39. The Hall–Kier alpha value is -4.04. The Bertz CT molecular complexity index is 1330. The number of aliphatic hydroxyl groups excluding tert-OH is 1. The second kappa shape index (κ2) is 9.84. The fourth-order valence-corrected chi connectivity index (χ4v) is 4.24. The number of carboxylic acids is 1. The largest absolute Gasteiger partial charge is 0.506 e. The monoisotopic (exact) mass is 475 g/mol. The lowest BCUT2D eigenvalue weighted by atomic mass is 10.1. The maximum atomic E-state index is 12.5. The van der Waals surface area contributed by atoms with Gasteiger partial charge in [-0.25, -0.2) is 14.6 Å². The van der Waals surface area contributed by atoms with Crippen molar-refractivity contribution in [3.8, 4) is 11.3 Å². The lowest BCUT2D eigenvalue weighted by Crippen LogP contribution is -2.12. The van der Waals surface area contributed by atoms with E-state index in [-0.39, 0.29) is 23.5 Å². The molecular formula is C26H21NO6S. The van der Waals surface area contributed by atoms with E-state index in [2.05, 4.69) is 4.99 Å². The van der Waals surface area contributed by atoms with E-state index in [0.29, 0.717) is 32.7 Å². The van der Waals surface area contributed by atoms with Crippen LogP contribution in [0.15, 0.2) is 86.3 Å². The van der Waals surface area contributed by atoms with Crippen LogP contribution in [-0.2, 0) is 9.53 Å². The van der Waals surface area contributed by atoms with Crippen LogP contribution >= 0.6 is 11.8 Å². The molecule has 0 fully saturated rings. The molecule has 1 aliphatic rings. The molecule has 1 aromatic heterocycles. The van der Waals surface area contributed by atoms with Crippen molar-refractivity contribution in [1.82, 2.24) is 0 Å². The SMILES string of the molecule is CCOC(=O)C1=C(O)C(=Cc2ccc(-c3ccc(C(=O)O)cc3)o2)SC1=Nc1ccc(C)cc1. The molecule has 3 aromatic rings. The highest BCUT2D eigenvalue weighted by Crippen LogP contribution is 2.40. The van der Waals surface area contributed by atoms with Crippen molar-refractivity contribution in [2.75, 3.05) is 6.61 Å². The van der Waals surface area contributed by atoms with Gasteiger partial charge in [-0.15, -0.1) is 0 Å². The summed E-state index contributed by atoms with van der Waals surface area (Å²) >= 11 is 1.15. The number of aromatic carboxylic acids is 1. The number of carbonyl (C=O) groups is 2. The molecule has 0 amide bonds. The molecule has 0 atom stereocenters. The Morgan fingerprint density at radius 2 is 1.76 bits per heavy atom. The molecule has 34 heavy (non-hydrogen) atoms. The number of nitrogens with zero attached hydrogens (tertiary/aromatic N) is 1. The molecule has 0 bridgehead atoms. The number of benzene rings is 2. The summed E-state index contributed by atoms with van der Waals surface area (Å²) in [5.41, 5.74) is 2.63. The van der Waals surface area contributed by atoms with Gasteiger partial charge in [0.2, 0.25) is 0 Å². The van der Waals surface area contributed by atoms with Gasteiger partial charge in [0.1, 0.15) is 27.9 Å². The van der Waals surface area contributed by atoms with Crippen LogP contribution in [0.25, 0.3) is 17.4 Å². The molecule has 2 N–H and O–H groups in total. The van der Waals surface area contributed by atoms with Crippen molar-refractivity contribution in [2.45, 2.75) is 13.8 Å². The van der Waals surface area contributed by atoms with Crippen LogP contribution in [0.3, 0.4) is 0 Å². The van der Waals surface area contributed by atoms with E-state index in [1.807, 2.05) is 31.2 Å². The van der Waals surface area contributed by atoms with Crippen LogP contribution in [-0.4, -0.2) is 33.8 Å². The normalized spacial score (nSPS) is 15.8. The van der Waals surface area contributed by atoms with Gasteiger partial charge in [0.15, 0.2) is 0 Å². The van der Waals surface area contributed by atoms with Crippen molar-refractivity contribution in [1.29, 1.82) is 0 Å². The summed E-state index contributed by atoms with van der Waals surface area (Å²) in [4.78, 5) is 28.5. The van der Waals surface area contributed by atoms with E-state index in [1.54, 1.807) is 37.3 Å². The molecule has 0 unspecified atom stereocenters. The minimum atomic E-state index is -1.00. The fourth-order valence-electron chi connectivity index (χ4n) is 3.22. The zero-order chi connectivity index (χ0) is 24.2. The number of aryl methyl sites for hydroxylation is 1. The minimum Gasteiger partial charge on any atom is -0.506 e. The minimum absolute atomic E-state index is 0.00899. The molecule has 2 heterocycles. The second-order valence-corrected chi connectivity index (χ2v) is 8.42. The highest BCUT2D eigenvalue weighted by atomic mass is 32.2. The first kappa shape index (κ1) is 23.1. The molecule has 172 valence electrons. The summed E-state index contributed by atoms with van der Waals surface area (Å²) < 4.78 is 11.0. The Kier molecular flexibility index (Phi) is 6.70. The molecular weight excluding hydrogens is 454 g/mol. The van der Waals surface area contributed by atoms with Crippen LogP contribution in [0, 0.1) is 6.92 Å². The van der Waals surface area contributed by atoms with Gasteiger partial charge in [-0.05, 0) is 56.3 Å². The van der Waals surface area contributed by atoms with Crippen LogP contribution in [0.4, 0.5) is 5.69 Å². The number of rotatable bonds is 6. The zero-order valence-corrected chi connectivity index (χ0v) is 19.3. The first-order valence-electron chi connectivity index (χ1n) is 10.4. The fraction of sp³-hybridized carbons (Fsp3) is 0.115. The summed E-state index contributed by atoms with van der Waals surface area (Å²) in [6.45, 7) is 3.83. The number of ether oxygens (including phenoxy) is 1. The standard InChI is InChI=1S/C26H21NO6S/c1-3-32-26(31)22-23(28)21(34-24(22)27-18-10-4-15(2)5-11-18)14-19-12-13-20(33-19)16-6-8-17(9-7-16)25(29)30/h4-14,28H,3H2,1-2H3,(H,29,30). The summed E-state index contributed by atoms with van der Waals surface area (Å²) in [5.74, 6) is -0.892. The third kappa shape index (κ3) is 4.97. The number of aliphatic hydroxyl groups is 1. The van der Waals surface area contributed by atoms with E-state index < -0.39 is 11.9 Å². The van der Waals surface area contributed by atoms with E-state index in [0.717, 1.165) is 17.3 Å². The first-order chi connectivity index (χ1) is 16.4. The number of carboxylic acid groups (broad SMARTS) is 1. The summed E-state index contributed by atoms with van der Waals surface area (Å²) in [5, 5.41) is 20.2. The lowest BCUT2D eigenvalue weighted by Gasteiger charge is -2.04. The number of carbonyl (C=O) groups excluding carboxylic acids is 1. The van der Waals surface area contributed by atoms with E-state index in [1.165, 1.54) is 12.1 Å². The molecule has 0 saturated heterocycles. The smallest absolute Gasteiger partial charge is 0.344 e.